The molecule has 2 heterocycles. The maximum absolute atomic E-state index is 4.35. The van der Waals surface area contributed by atoms with Crippen molar-refractivity contribution in [1.29, 1.82) is 0 Å². The molecule has 0 aliphatic heterocycles. The van der Waals surface area contributed by atoms with Gasteiger partial charge in [0.05, 0.1) is 5.01 Å². The molecule has 0 spiro atoms. The van der Waals surface area contributed by atoms with Crippen molar-refractivity contribution in [3.8, 4) is 0 Å². The van der Waals surface area contributed by atoms with Gasteiger partial charge in [-0.25, -0.2) is 9.97 Å². The maximum Gasteiger partial charge on any atom is 0.143 e. The summed E-state index contributed by atoms with van der Waals surface area (Å²) < 4.78 is 0. The predicted molar refractivity (Wildman–Crippen MR) is 58.2 cm³/mol. The van der Waals surface area contributed by atoms with E-state index in [1.54, 1.807) is 11.3 Å². The number of nitrogens with zero attached hydrogens (tertiary/aromatic N) is 2. The molecule has 3 heteroatoms. The average molecular weight is 194 g/mol. The smallest absolute Gasteiger partial charge is 0.143 e. The Bertz CT molecular complexity index is 393. The lowest BCUT2D eigenvalue weighted by Crippen LogP contribution is -1.77. The molecule has 0 saturated carbocycles. The fraction of sp³-hybridized carbons (Fsp3) is 0.400. The van der Waals surface area contributed by atoms with Crippen molar-refractivity contribution in [2.24, 2.45) is 0 Å². The van der Waals surface area contributed by atoms with E-state index in [1.807, 2.05) is 39.8 Å². The molecule has 0 atom stereocenters. The average Bonchev–Trinajstić information content (AvgIpc) is 2.48. The second-order valence-electron chi connectivity index (χ2n) is 2.51. The van der Waals surface area contributed by atoms with Crippen LogP contribution < -0.4 is 0 Å². The summed E-state index contributed by atoms with van der Waals surface area (Å²) in [6.45, 7) is 8.00. The molecule has 0 amide bonds. The zero-order valence-electron chi connectivity index (χ0n) is 8.46. The fourth-order valence-electron chi connectivity index (χ4n) is 1.02. The molecule has 0 saturated heterocycles. The van der Waals surface area contributed by atoms with Gasteiger partial charge in [-0.2, -0.15) is 0 Å². The van der Waals surface area contributed by atoms with Gasteiger partial charge in [-0.1, -0.05) is 25.2 Å². The van der Waals surface area contributed by atoms with Gasteiger partial charge in [0.2, 0.25) is 0 Å². The highest BCUT2D eigenvalue weighted by molar-refractivity contribution is 7.18. The lowest BCUT2D eigenvalue weighted by Gasteiger charge is -1.87. The number of hydrogen-bond acceptors (Lipinski definition) is 3. The maximum atomic E-state index is 4.35. The SMILES string of the molecule is CC.Cc1ccc2nc(C)sc2n1. The molecule has 0 N–H and O–H groups in total. The minimum Gasteiger partial charge on any atom is -0.241 e. The van der Waals surface area contributed by atoms with Gasteiger partial charge in [0.25, 0.3) is 0 Å². The zero-order valence-corrected chi connectivity index (χ0v) is 9.27. The summed E-state index contributed by atoms with van der Waals surface area (Å²) in [7, 11) is 0. The Labute approximate surface area is 82.7 Å². The molecule has 2 rings (SSSR count). The van der Waals surface area contributed by atoms with Crippen LogP contribution >= 0.6 is 11.3 Å². The Morgan fingerprint density at radius 1 is 1.08 bits per heavy atom. The van der Waals surface area contributed by atoms with Crippen LogP contribution in [0.1, 0.15) is 24.5 Å². The number of fused-ring (bicyclic) bond motifs is 1. The normalized spacial score (nSPS) is 9.54. The van der Waals surface area contributed by atoms with Gasteiger partial charge >= 0.3 is 0 Å². The molecule has 2 aromatic heterocycles. The topological polar surface area (TPSA) is 25.8 Å². The fourth-order valence-corrected chi connectivity index (χ4v) is 1.85. The van der Waals surface area contributed by atoms with Crippen molar-refractivity contribution < 1.29 is 0 Å². The molecule has 0 fully saturated rings. The van der Waals surface area contributed by atoms with Crippen LogP contribution in [0.25, 0.3) is 10.3 Å². The molecule has 2 nitrogen and oxygen atoms in total. The summed E-state index contributed by atoms with van der Waals surface area (Å²) in [6, 6.07) is 4.00. The lowest BCUT2D eigenvalue weighted by molar-refractivity contribution is 1.26. The Kier molecular flexibility index (Phi) is 3.37. The molecule has 70 valence electrons. The van der Waals surface area contributed by atoms with Gasteiger partial charge in [-0.15, -0.1) is 0 Å². The van der Waals surface area contributed by atoms with Crippen LogP contribution in [0.4, 0.5) is 0 Å². The molecule has 0 aromatic carbocycles. The number of thiazole rings is 1. The second-order valence-corrected chi connectivity index (χ2v) is 3.69. The first-order valence-corrected chi connectivity index (χ1v) is 5.28. The van der Waals surface area contributed by atoms with Gasteiger partial charge in [0.15, 0.2) is 0 Å². The van der Waals surface area contributed by atoms with Crippen molar-refractivity contribution in [3.05, 3.63) is 22.8 Å². The lowest BCUT2D eigenvalue weighted by atomic mass is 10.4. The third kappa shape index (κ3) is 2.25. The van der Waals surface area contributed by atoms with Gasteiger partial charge < -0.3 is 0 Å². The molecule has 13 heavy (non-hydrogen) atoms. The molecular formula is C10H14N2S. The van der Waals surface area contributed by atoms with Gasteiger partial charge in [0.1, 0.15) is 10.3 Å². The Morgan fingerprint density at radius 2 is 1.77 bits per heavy atom. The van der Waals surface area contributed by atoms with E-state index < -0.39 is 0 Å². The number of rotatable bonds is 0. The van der Waals surface area contributed by atoms with Crippen LogP contribution in [0.5, 0.6) is 0 Å². The quantitative estimate of drug-likeness (QED) is 0.643. The Balaban J connectivity index is 0.000000396. The van der Waals surface area contributed by atoms with E-state index in [0.29, 0.717) is 0 Å². The number of hydrogen-bond donors (Lipinski definition) is 0. The van der Waals surface area contributed by atoms with Crippen LogP contribution in [0.15, 0.2) is 12.1 Å². The van der Waals surface area contributed by atoms with Crippen molar-refractivity contribution in [2.45, 2.75) is 27.7 Å². The van der Waals surface area contributed by atoms with Crippen LogP contribution in [0.2, 0.25) is 0 Å². The molecule has 2 aromatic rings. The monoisotopic (exact) mass is 194 g/mol. The van der Waals surface area contributed by atoms with E-state index in [2.05, 4.69) is 9.97 Å². The Morgan fingerprint density at radius 3 is 2.46 bits per heavy atom. The van der Waals surface area contributed by atoms with Crippen LogP contribution in [-0.2, 0) is 0 Å². The largest absolute Gasteiger partial charge is 0.241 e. The van der Waals surface area contributed by atoms with Gasteiger partial charge in [0, 0.05) is 5.69 Å². The zero-order chi connectivity index (χ0) is 9.84. The summed E-state index contributed by atoms with van der Waals surface area (Å²) in [6.07, 6.45) is 0. The minimum absolute atomic E-state index is 1.01. The minimum atomic E-state index is 1.01. The van der Waals surface area contributed by atoms with E-state index in [4.69, 9.17) is 0 Å². The van der Waals surface area contributed by atoms with E-state index in [9.17, 15) is 0 Å². The molecule has 0 bridgehead atoms. The van der Waals surface area contributed by atoms with Gasteiger partial charge in [-0.05, 0) is 26.0 Å². The summed E-state index contributed by atoms with van der Waals surface area (Å²) in [5.74, 6) is 0. The summed E-state index contributed by atoms with van der Waals surface area (Å²) in [5.41, 5.74) is 2.07. The van der Waals surface area contributed by atoms with Crippen molar-refractivity contribution in [1.82, 2.24) is 9.97 Å². The summed E-state index contributed by atoms with van der Waals surface area (Å²) in [4.78, 5) is 9.71. The predicted octanol–water partition coefficient (Wildman–Crippen LogP) is 3.33. The third-order valence-corrected chi connectivity index (χ3v) is 2.38. The molecule has 0 aliphatic carbocycles. The summed E-state index contributed by atoms with van der Waals surface area (Å²) >= 11 is 1.64. The van der Waals surface area contributed by atoms with Crippen molar-refractivity contribution >= 4 is 21.7 Å². The van der Waals surface area contributed by atoms with Gasteiger partial charge in [-0.3, -0.25) is 0 Å². The highest BCUT2D eigenvalue weighted by Crippen LogP contribution is 2.18. The number of aryl methyl sites for hydroxylation is 2. The first-order chi connectivity index (χ1) is 6.25. The molecule has 0 radical (unpaired) electrons. The molecule has 0 aliphatic rings. The first kappa shape index (κ1) is 10.1. The second kappa shape index (κ2) is 4.33. The van der Waals surface area contributed by atoms with Crippen LogP contribution in [0.3, 0.4) is 0 Å². The number of aromatic nitrogens is 2. The summed E-state index contributed by atoms with van der Waals surface area (Å²) in [5, 5.41) is 1.08. The first-order valence-electron chi connectivity index (χ1n) is 4.46. The van der Waals surface area contributed by atoms with E-state index in [0.717, 1.165) is 21.0 Å². The molecule has 0 unspecified atom stereocenters. The van der Waals surface area contributed by atoms with Crippen LogP contribution in [-0.4, -0.2) is 9.97 Å². The highest BCUT2D eigenvalue weighted by atomic mass is 32.1. The third-order valence-electron chi connectivity index (χ3n) is 1.50. The highest BCUT2D eigenvalue weighted by Gasteiger charge is 1.99. The number of pyridine rings is 1. The standard InChI is InChI=1S/C8H8N2S.C2H6/c1-5-3-4-7-8(9-5)11-6(2)10-7;1-2/h3-4H,1-2H3;1-2H3. The van der Waals surface area contributed by atoms with E-state index >= 15 is 0 Å². The van der Waals surface area contributed by atoms with Crippen molar-refractivity contribution in [2.75, 3.05) is 0 Å². The molecular weight excluding hydrogens is 180 g/mol. The van der Waals surface area contributed by atoms with Crippen LogP contribution in [0, 0.1) is 13.8 Å². The van der Waals surface area contributed by atoms with Crippen molar-refractivity contribution in [3.63, 3.8) is 0 Å². The van der Waals surface area contributed by atoms with E-state index in [1.165, 1.54) is 0 Å². The van der Waals surface area contributed by atoms with E-state index in [-0.39, 0.29) is 0 Å². The Hall–Kier alpha value is -0.960.